The summed E-state index contributed by atoms with van der Waals surface area (Å²) in [6.07, 6.45) is 0. The molecule has 6 heteroatoms. The van der Waals surface area contributed by atoms with Gasteiger partial charge in [-0.15, -0.1) is 0 Å². The Morgan fingerprint density at radius 1 is 0.969 bits per heavy atom. The summed E-state index contributed by atoms with van der Waals surface area (Å²) in [5, 5.41) is 20.9. The Morgan fingerprint density at radius 2 is 1.66 bits per heavy atom. The monoisotopic (exact) mass is 429 g/mol. The highest BCUT2D eigenvalue weighted by molar-refractivity contribution is 6.51. The molecule has 1 unspecified atom stereocenters. The Hall–Kier alpha value is -4.06. The minimum atomic E-state index is -0.859. The van der Waals surface area contributed by atoms with Crippen molar-refractivity contribution in [1.29, 1.82) is 0 Å². The number of carbonyl (C=O) groups excluding carboxylic acids is 2. The van der Waals surface area contributed by atoms with Crippen LogP contribution in [-0.4, -0.2) is 29.0 Å². The summed E-state index contributed by atoms with van der Waals surface area (Å²) in [4.78, 5) is 27.9. The van der Waals surface area contributed by atoms with E-state index >= 15 is 0 Å². The van der Waals surface area contributed by atoms with Crippen LogP contribution in [0.25, 0.3) is 5.76 Å². The summed E-state index contributed by atoms with van der Waals surface area (Å²) in [7, 11) is 1.51. The van der Waals surface area contributed by atoms with Crippen molar-refractivity contribution in [1.82, 2.24) is 0 Å². The van der Waals surface area contributed by atoms with E-state index in [0.717, 1.165) is 11.1 Å². The highest BCUT2D eigenvalue weighted by Gasteiger charge is 2.47. The zero-order valence-electron chi connectivity index (χ0n) is 18.0. The molecule has 4 rings (SSSR count). The maximum absolute atomic E-state index is 13.2. The summed E-state index contributed by atoms with van der Waals surface area (Å²) in [6, 6.07) is 17.6. The van der Waals surface area contributed by atoms with Crippen LogP contribution in [0.1, 0.15) is 28.3 Å². The summed E-state index contributed by atoms with van der Waals surface area (Å²) in [5.41, 5.74) is 3.37. The molecular weight excluding hydrogens is 406 g/mol. The first-order valence-corrected chi connectivity index (χ1v) is 10.1. The molecule has 6 nitrogen and oxygen atoms in total. The van der Waals surface area contributed by atoms with E-state index in [1.165, 1.54) is 24.1 Å². The Balaban J connectivity index is 1.98. The number of nitrogens with zero attached hydrogens (tertiary/aromatic N) is 1. The summed E-state index contributed by atoms with van der Waals surface area (Å²) in [5.74, 6) is -1.21. The van der Waals surface area contributed by atoms with Crippen molar-refractivity contribution < 1.29 is 24.5 Å². The van der Waals surface area contributed by atoms with Gasteiger partial charge >= 0.3 is 0 Å². The maximum atomic E-state index is 13.2. The lowest BCUT2D eigenvalue weighted by atomic mass is 9.94. The fourth-order valence-electron chi connectivity index (χ4n) is 3.98. The molecule has 1 heterocycles. The number of phenols is 1. The first-order chi connectivity index (χ1) is 15.3. The molecule has 0 saturated carbocycles. The largest absolute Gasteiger partial charge is 0.508 e. The van der Waals surface area contributed by atoms with E-state index in [9.17, 15) is 19.8 Å². The van der Waals surface area contributed by atoms with Gasteiger partial charge in [0, 0.05) is 11.3 Å². The number of amides is 1. The van der Waals surface area contributed by atoms with Crippen molar-refractivity contribution in [3.63, 3.8) is 0 Å². The number of ketones is 1. The normalized spacial score (nSPS) is 17.6. The molecule has 0 bridgehead atoms. The lowest BCUT2D eigenvalue weighted by Crippen LogP contribution is -2.30. The van der Waals surface area contributed by atoms with Crippen LogP contribution in [0.2, 0.25) is 0 Å². The number of aliphatic hydroxyl groups is 1. The van der Waals surface area contributed by atoms with Gasteiger partial charge < -0.3 is 14.9 Å². The third-order valence-electron chi connectivity index (χ3n) is 5.83. The molecule has 1 atom stereocenters. The number of aryl methyl sites for hydroxylation is 1. The zero-order valence-corrected chi connectivity index (χ0v) is 18.0. The fraction of sp³-hybridized carbons (Fsp3) is 0.154. The predicted molar refractivity (Wildman–Crippen MR) is 122 cm³/mol. The molecule has 0 spiro atoms. The van der Waals surface area contributed by atoms with Gasteiger partial charge in [0.15, 0.2) is 0 Å². The average molecular weight is 429 g/mol. The van der Waals surface area contributed by atoms with Gasteiger partial charge in [0.1, 0.15) is 17.3 Å². The summed E-state index contributed by atoms with van der Waals surface area (Å²) < 4.78 is 5.24. The quantitative estimate of drug-likeness (QED) is 0.358. The Labute approximate surface area is 186 Å². The molecule has 1 aliphatic rings. The van der Waals surface area contributed by atoms with Crippen molar-refractivity contribution in [3.05, 3.63) is 94.6 Å². The van der Waals surface area contributed by atoms with Crippen LogP contribution < -0.4 is 9.64 Å². The highest BCUT2D eigenvalue weighted by atomic mass is 16.5. The van der Waals surface area contributed by atoms with Crippen molar-refractivity contribution >= 4 is 23.1 Å². The molecular formula is C26H23NO5. The number of benzene rings is 3. The van der Waals surface area contributed by atoms with E-state index in [1.54, 1.807) is 42.5 Å². The van der Waals surface area contributed by atoms with Crippen LogP contribution in [0.4, 0.5) is 5.69 Å². The minimum Gasteiger partial charge on any atom is -0.508 e. The number of rotatable bonds is 4. The minimum absolute atomic E-state index is 0.0187. The predicted octanol–water partition coefficient (Wildman–Crippen LogP) is 4.64. The van der Waals surface area contributed by atoms with E-state index < -0.39 is 17.7 Å². The van der Waals surface area contributed by atoms with Crippen molar-refractivity contribution in [3.8, 4) is 11.5 Å². The molecule has 1 saturated heterocycles. The van der Waals surface area contributed by atoms with E-state index in [0.29, 0.717) is 22.6 Å². The molecule has 3 aromatic rings. The molecule has 0 aliphatic carbocycles. The number of carbonyl (C=O) groups is 2. The molecule has 0 aromatic heterocycles. The number of Topliss-reactive ketones (excluding diaryl/α,β-unsaturated/α-hetero) is 1. The number of hydrogen-bond acceptors (Lipinski definition) is 5. The molecule has 1 amide bonds. The number of aliphatic hydroxyl groups excluding tert-OH is 1. The van der Waals surface area contributed by atoms with Crippen molar-refractivity contribution in [2.75, 3.05) is 12.0 Å². The third kappa shape index (κ3) is 3.50. The van der Waals surface area contributed by atoms with Crippen LogP contribution in [0.15, 0.2) is 72.3 Å². The van der Waals surface area contributed by atoms with E-state index in [4.69, 9.17) is 4.74 Å². The van der Waals surface area contributed by atoms with Gasteiger partial charge in [-0.1, -0.05) is 36.4 Å². The maximum Gasteiger partial charge on any atom is 0.300 e. The zero-order chi connectivity index (χ0) is 23.0. The van der Waals surface area contributed by atoms with Crippen LogP contribution in [-0.2, 0) is 9.59 Å². The SMILES string of the molecule is COc1cccc(/C(O)=C2\C(=O)C(=O)N(c3cccc(C)c3C)C2c2ccc(O)cc2)c1. The Bertz CT molecular complexity index is 1240. The van der Waals surface area contributed by atoms with Gasteiger partial charge in [-0.05, 0) is 60.9 Å². The second-order valence-electron chi connectivity index (χ2n) is 7.71. The smallest absolute Gasteiger partial charge is 0.300 e. The van der Waals surface area contributed by atoms with Gasteiger partial charge in [-0.3, -0.25) is 14.5 Å². The Morgan fingerprint density at radius 3 is 2.34 bits per heavy atom. The van der Waals surface area contributed by atoms with Crippen molar-refractivity contribution in [2.24, 2.45) is 0 Å². The number of ether oxygens (including phenoxy) is 1. The van der Waals surface area contributed by atoms with Crippen molar-refractivity contribution in [2.45, 2.75) is 19.9 Å². The van der Waals surface area contributed by atoms with Gasteiger partial charge in [0.25, 0.3) is 11.7 Å². The van der Waals surface area contributed by atoms with Crippen LogP contribution in [0.5, 0.6) is 11.5 Å². The average Bonchev–Trinajstić information content (AvgIpc) is 3.06. The molecule has 32 heavy (non-hydrogen) atoms. The first kappa shape index (κ1) is 21.2. The number of aromatic hydroxyl groups is 1. The third-order valence-corrected chi connectivity index (χ3v) is 5.83. The standard InChI is InChI=1S/C26H23NO5/c1-15-6-4-9-21(16(15)2)27-23(17-10-12-19(28)13-11-17)22(25(30)26(27)31)24(29)18-7-5-8-20(14-18)32-3/h4-14,23,28-29H,1-3H3/b24-22+. The number of hydrogen-bond donors (Lipinski definition) is 2. The Kier molecular flexibility index (Phi) is 5.45. The van der Waals surface area contributed by atoms with Gasteiger partial charge in [0.05, 0.1) is 18.7 Å². The molecule has 3 aromatic carbocycles. The lowest BCUT2D eigenvalue weighted by Gasteiger charge is -2.27. The topological polar surface area (TPSA) is 87.1 Å². The molecule has 1 aliphatic heterocycles. The molecule has 162 valence electrons. The molecule has 0 radical (unpaired) electrons. The van der Waals surface area contributed by atoms with Crippen LogP contribution >= 0.6 is 0 Å². The fourth-order valence-corrected chi connectivity index (χ4v) is 3.98. The first-order valence-electron chi connectivity index (χ1n) is 10.1. The number of anilines is 1. The van der Waals surface area contributed by atoms with E-state index in [-0.39, 0.29) is 17.1 Å². The number of phenolic OH excluding ortho intramolecular Hbond substituents is 1. The van der Waals surface area contributed by atoms with Gasteiger partial charge in [0.2, 0.25) is 0 Å². The molecule has 2 N–H and O–H groups in total. The lowest BCUT2D eigenvalue weighted by molar-refractivity contribution is -0.132. The highest BCUT2D eigenvalue weighted by Crippen LogP contribution is 2.43. The second kappa shape index (κ2) is 8.23. The summed E-state index contributed by atoms with van der Waals surface area (Å²) in [6.45, 7) is 3.82. The van der Waals surface area contributed by atoms with E-state index in [1.807, 2.05) is 26.0 Å². The second-order valence-corrected chi connectivity index (χ2v) is 7.71. The van der Waals surface area contributed by atoms with Gasteiger partial charge in [-0.2, -0.15) is 0 Å². The van der Waals surface area contributed by atoms with Crippen LogP contribution in [0, 0.1) is 13.8 Å². The van der Waals surface area contributed by atoms with Gasteiger partial charge in [-0.25, -0.2) is 0 Å². The number of methoxy groups -OCH3 is 1. The molecule has 1 fully saturated rings. The van der Waals surface area contributed by atoms with E-state index in [2.05, 4.69) is 0 Å². The van der Waals surface area contributed by atoms with Crippen LogP contribution in [0.3, 0.4) is 0 Å². The summed E-state index contributed by atoms with van der Waals surface area (Å²) >= 11 is 0.